The van der Waals surface area contributed by atoms with Gasteiger partial charge in [0.15, 0.2) is 0 Å². The summed E-state index contributed by atoms with van der Waals surface area (Å²) in [6, 6.07) is 87.7. The normalized spacial score (nSPS) is 14.4. The Kier molecular flexibility index (Phi) is 9.66. The third kappa shape index (κ3) is 6.69. The minimum Gasteiger partial charge on any atom is -0.310 e. The molecule has 0 atom stereocenters. The van der Waals surface area contributed by atoms with Crippen molar-refractivity contribution in [1.29, 1.82) is 0 Å². The first-order valence-electron chi connectivity index (χ1n) is 25.7. The minimum absolute atomic E-state index is 0.166. The second kappa shape index (κ2) is 16.4. The van der Waals surface area contributed by atoms with Crippen LogP contribution in [0.2, 0.25) is 0 Å². The van der Waals surface area contributed by atoms with E-state index in [0.717, 1.165) is 17.1 Å². The topological polar surface area (TPSA) is 3.24 Å². The lowest BCUT2D eigenvalue weighted by Gasteiger charge is -2.29. The molecule has 0 amide bonds. The summed E-state index contributed by atoms with van der Waals surface area (Å²) in [5.74, 6) is 0. The summed E-state index contributed by atoms with van der Waals surface area (Å²) < 4.78 is 0. The van der Waals surface area contributed by atoms with Gasteiger partial charge in [-0.05, 0) is 169 Å². The van der Waals surface area contributed by atoms with Crippen LogP contribution in [0.1, 0.15) is 61.1 Å². The molecule has 0 bridgehead atoms. The lowest BCUT2D eigenvalue weighted by Crippen LogP contribution is -2.19. The molecule has 0 saturated heterocycles. The van der Waals surface area contributed by atoms with Gasteiger partial charge in [-0.1, -0.05) is 228 Å². The quantitative estimate of drug-likeness (QED) is 0.0874. The van der Waals surface area contributed by atoms with E-state index in [1.54, 1.807) is 0 Å². The Morgan fingerprint density at radius 1 is 0.301 bits per heavy atom. The fraction of sp³-hybridized carbons (Fsp3) is 0.0833. The molecule has 0 radical (unpaired) electrons. The van der Waals surface area contributed by atoms with Crippen molar-refractivity contribution in [1.82, 2.24) is 0 Å². The molecule has 0 aromatic heterocycles. The summed E-state index contributed by atoms with van der Waals surface area (Å²) in [5, 5.41) is 12.7. The lowest BCUT2D eigenvalue weighted by molar-refractivity contribution is 0.694. The number of benzene rings is 12. The zero-order valence-corrected chi connectivity index (χ0v) is 41.6. The van der Waals surface area contributed by atoms with E-state index in [0.29, 0.717) is 0 Å². The maximum atomic E-state index is 2.53. The second-order valence-corrected chi connectivity index (χ2v) is 21.2. The van der Waals surface area contributed by atoms with E-state index < -0.39 is 0 Å². The predicted molar refractivity (Wildman–Crippen MR) is 314 cm³/mol. The van der Waals surface area contributed by atoms with Gasteiger partial charge < -0.3 is 4.90 Å². The zero-order valence-electron chi connectivity index (χ0n) is 41.6. The first kappa shape index (κ1) is 43.0. The molecule has 12 aromatic rings. The summed E-state index contributed by atoms with van der Waals surface area (Å²) in [4.78, 5) is 2.33. The largest absolute Gasteiger partial charge is 0.310 e. The second-order valence-electron chi connectivity index (χ2n) is 21.2. The van der Waals surface area contributed by atoms with Crippen molar-refractivity contribution in [2.45, 2.75) is 38.5 Å². The third-order valence-electron chi connectivity index (χ3n) is 16.3. The van der Waals surface area contributed by atoms with E-state index >= 15 is 0 Å². The SMILES string of the molecule is CC1(C)C2=C(c3ccc(/C=C/c4ccc5c(ccc6cc(N(c7ccccc7)c7ccccc7)ccc65)c4)cc31)C(C)(C)c1cc(-c3c4ccccc4c(-c4cccc5ccccc45)c4ccccc34)ccc12. The molecule has 346 valence electrons. The molecule has 0 spiro atoms. The van der Waals surface area contributed by atoms with Gasteiger partial charge in [0.1, 0.15) is 0 Å². The molecule has 2 aliphatic carbocycles. The van der Waals surface area contributed by atoms with Crippen LogP contribution in [-0.4, -0.2) is 0 Å². The minimum atomic E-state index is -0.185. The highest BCUT2D eigenvalue weighted by molar-refractivity contribution is 6.24. The molecule has 0 N–H and O–H groups in total. The van der Waals surface area contributed by atoms with E-state index in [9.17, 15) is 0 Å². The van der Waals surface area contributed by atoms with Gasteiger partial charge in [-0.25, -0.2) is 0 Å². The van der Waals surface area contributed by atoms with E-state index in [1.165, 1.54) is 121 Å². The smallest absolute Gasteiger partial charge is 0.0468 e. The highest BCUT2D eigenvalue weighted by atomic mass is 15.1. The number of hydrogen-bond acceptors (Lipinski definition) is 1. The van der Waals surface area contributed by atoms with Crippen LogP contribution < -0.4 is 4.90 Å². The van der Waals surface area contributed by atoms with Gasteiger partial charge in [-0.2, -0.15) is 0 Å². The van der Waals surface area contributed by atoms with Crippen molar-refractivity contribution in [3.05, 3.63) is 270 Å². The molecule has 0 fully saturated rings. The van der Waals surface area contributed by atoms with Crippen LogP contribution in [0.4, 0.5) is 17.1 Å². The predicted octanol–water partition coefficient (Wildman–Crippen LogP) is 19.9. The van der Waals surface area contributed by atoms with Crippen LogP contribution in [0, 0.1) is 0 Å². The number of hydrogen-bond donors (Lipinski definition) is 0. The number of anilines is 3. The zero-order chi connectivity index (χ0) is 49.0. The summed E-state index contributed by atoms with van der Waals surface area (Å²) in [5.41, 5.74) is 19.2. The Morgan fingerprint density at radius 2 is 0.781 bits per heavy atom. The van der Waals surface area contributed by atoms with Crippen LogP contribution in [0.25, 0.3) is 99.4 Å². The molecule has 0 heterocycles. The first-order valence-corrected chi connectivity index (χ1v) is 25.7. The number of nitrogens with zero attached hydrogens (tertiary/aromatic N) is 1. The van der Waals surface area contributed by atoms with Crippen LogP contribution >= 0.6 is 0 Å². The number of allylic oxidation sites excluding steroid dienone is 2. The Balaban J connectivity index is 0.782. The van der Waals surface area contributed by atoms with E-state index in [4.69, 9.17) is 0 Å². The van der Waals surface area contributed by atoms with Crippen molar-refractivity contribution < 1.29 is 0 Å². The molecule has 12 aromatic carbocycles. The molecular weight excluding hydrogens is 879 g/mol. The molecule has 0 saturated carbocycles. The molecule has 0 aliphatic heterocycles. The van der Waals surface area contributed by atoms with Crippen molar-refractivity contribution in [3.63, 3.8) is 0 Å². The molecule has 1 heteroatoms. The maximum absolute atomic E-state index is 2.53. The standard InChI is InChI=1S/C72H53N/c1-71(2)65-43-47(31-30-46-32-38-56-49(42-46)34-35-50-44-54(37-41-57(50)56)73(52-20-7-5-8-21-52)53-22-9-6-10-23-53)33-39-63(65)69-70(71)64-40-36-51(45-66(64)72(69,3)4)67-59-25-13-15-27-61(59)68(62-28-16-14-26-60(62)67)58-29-17-19-48-18-11-12-24-55(48)58/h5-45H,1-4H3/b31-30+. The Morgan fingerprint density at radius 3 is 1.41 bits per heavy atom. The highest BCUT2D eigenvalue weighted by Gasteiger charge is 2.49. The first-order chi connectivity index (χ1) is 35.7. The third-order valence-corrected chi connectivity index (χ3v) is 16.3. The van der Waals surface area contributed by atoms with Gasteiger partial charge in [0.2, 0.25) is 0 Å². The Labute approximate surface area is 427 Å². The van der Waals surface area contributed by atoms with Crippen molar-refractivity contribution in [2.24, 2.45) is 0 Å². The fourth-order valence-electron chi connectivity index (χ4n) is 13.0. The van der Waals surface area contributed by atoms with Gasteiger partial charge in [0, 0.05) is 27.9 Å². The summed E-state index contributed by atoms with van der Waals surface area (Å²) in [6.45, 7) is 9.77. The van der Waals surface area contributed by atoms with Crippen LogP contribution in [0.15, 0.2) is 237 Å². The maximum Gasteiger partial charge on any atom is 0.0468 e. The van der Waals surface area contributed by atoms with Gasteiger partial charge >= 0.3 is 0 Å². The summed E-state index contributed by atoms with van der Waals surface area (Å²) >= 11 is 0. The molecule has 73 heavy (non-hydrogen) atoms. The number of fused-ring (bicyclic) bond motifs is 10. The lowest BCUT2D eigenvalue weighted by atomic mass is 9.74. The monoisotopic (exact) mass is 931 g/mol. The molecule has 1 nitrogen and oxygen atoms in total. The van der Waals surface area contributed by atoms with Crippen molar-refractivity contribution in [2.75, 3.05) is 4.90 Å². The molecule has 14 rings (SSSR count). The summed E-state index contributed by atoms with van der Waals surface area (Å²) in [7, 11) is 0. The van der Waals surface area contributed by atoms with Crippen LogP contribution in [0.3, 0.4) is 0 Å². The Bertz CT molecular complexity index is 4200. The van der Waals surface area contributed by atoms with Crippen LogP contribution in [-0.2, 0) is 10.8 Å². The number of para-hydroxylation sites is 2. The average molecular weight is 932 g/mol. The van der Waals surface area contributed by atoms with E-state index in [2.05, 4.69) is 281 Å². The molecule has 0 unspecified atom stereocenters. The van der Waals surface area contributed by atoms with E-state index in [1.807, 2.05) is 0 Å². The van der Waals surface area contributed by atoms with Crippen molar-refractivity contribution >= 4 is 94.2 Å². The highest BCUT2D eigenvalue weighted by Crippen LogP contribution is 2.63. The average Bonchev–Trinajstić information content (AvgIpc) is 3.83. The summed E-state index contributed by atoms with van der Waals surface area (Å²) in [6.07, 6.45) is 4.57. The van der Waals surface area contributed by atoms with Gasteiger partial charge in [0.05, 0.1) is 0 Å². The molecular formula is C72H53N. The van der Waals surface area contributed by atoms with Gasteiger partial charge in [0.25, 0.3) is 0 Å². The van der Waals surface area contributed by atoms with E-state index in [-0.39, 0.29) is 10.8 Å². The number of rotatable bonds is 7. The fourth-order valence-corrected chi connectivity index (χ4v) is 13.0. The van der Waals surface area contributed by atoms with Gasteiger partial charge in [-0.3, -0.25) is 0 Å². The van der Waals surface area contributed by atoms with Crippen LogP contribution in [0.5, 0.6) is 0 Å². The Hall–Kier alpha value is -8.78. The molecule has 2 aliphatic rings. The van der Waals surface area contributed by atoms with Crippen molar-refractivity contribution in [3.8, 4) is 22.3 Å². The van der Waals surface area contributed by atoms with Gasteiger partial charge in [-0.15, -0.1) is 0 Å².